The number of carbonyl (C=O) groups excluding carboxylic acids is 1. The highest BCUT2D eigenvalue weighted by atomic mass is 79.9. The van der Waals surface area contributed by atoms with Crippen LogP contribution in [0.4, 0.5) is 0 Å². The summed E-state index contributed by atoms with van der Waals surface area (Å²) in [6, 6.07) is 11.5. The van der Waals surface area contributed by atoms with Crippen LogP contribution in [0.15, 0.2) is 51.4 Å². The fraction of sp³-hybridized carbons (Fsp3) is 0.0769. The fourth-order valence-corrected chi connectivity index (χ4v) is 2.69. The number of hydrogen-bond donors (Lipinski definition) is 1. The van der Waals surface area contributed by atoms with E-state index < -0.39 is 0 Å². The topological polar surface area (TPSA) is 41.5 Å². The van der Waals surface area contributed by atoms with Crippen molar-refractivity contribution in [3.63, 3.8) is 0 Å². The SMILES string of the molecule is O=C(Cc1ccccc1)N/N=C/c1cc(Br)cs1. The molecule has 2 aromatic rings. The third-order valence-corrected chi connectivity index (χ3v) is 3.80. The number of carbonyl (C=O) groups is 1. The van der Waals surface area contributed by atoms with Crippen molar-refractivity contribution >= 4 is 39.4 Å². The van der Waals surface area contributed by atoms with Crippen LogP contribution in [0.5, 0.6) is 0 Å². The molecule has 0 radical (unpaired) electrons. The highest BCUT2D eigenvalue weighted by Crippen LogP contribution is 2.17. The largest absolute Gasteiger partial charge is 0.273 e. The van der Waals surface area contributed by atoms with E-state index in [0.717, 1.165) is 14.9 Å². The molecular formula is C13H11BrN2OS. The first-order chi connectivity index (χ1) is 8.74. The number of hydrazone groups is 1. The molecule has 0 aliphatic carbocycles. The number of hydrogen-bond acceptors (Lipinski definition) is 3. The van der Waals surface area contributed by atoms with Gasteiger partial charge in [-0.15, -0.1) is 11.3 Å². The Labute approximate surface area is 118 Å². The fourth-order valence-electron chi connectivity index (χ4n) is 1.38. The van der Waals surface area contributed by atoms with Crippen LogP contribution in [-0.4, -0.2) is 12.1 Å². The molecule has 3 nitrogen and oxygen atoms in total. The molecule has 0 spiro atoms. The van der Waals surface area contributed by atoms with E-state index in [-0.39, 0.29) is 5.91 Å². The molecule has 0 atom stereocenters. The number of thiophene rings is 1. The first kappa shape index (κ1) is 13.0. The molecule has 1 aromatic heterocycles. The van der Waals surface area contributed by atoms with Gasteiger partial charge in [-0.3, -0.25) is 4.79 Å². The van der Waals surface area contributed by atoms with E-state index in [0.29, 0.717) is 6.42 Å². The Morgan fingerprint density at radius 3 is 2.83 bits per heavy atom. The van der Waals surface area contributed by atoms with Gasteiger partial charge in [0, 0.05) is 14.7 Å². The van der Waals surface area contributed by atoms with Crippen LogP contribution < -0.4 is 5.43 Å². The van der Waals surface area contributed by atoms with E-state index in [4.69, 9.17) is 0 Å². The Bertz CT molecular complexity index is 551. The van der Waals surface area contributed by atoms with E-state index in [9.17, 15) is 4.79 Å². The van der Waals surface area contributed by atoms with Crippen molar-refractivity contribution in [1.82, 2.24) is 5.43 Å². The summed E-state index contributed by atoms with van der Waals surface area (Å²) in [6.45, 7) is 0. The molecule has 0 saturated carbocycles. The molecule has 0 aliphatic heterocycles. The molecule has 0 bridgehead atoms. The number of benzene rings is 1. The van der Waals surface area contributed by atoms with Gasteiger partial charge in [0.2, 0.25) is 5.91 Å². The maximum atomic E-state index is 11.6. The van der Waals surface area contributed by atoms with Crippen molar-refractivity contribution in [3.05, 3.63) is 56.7 Å². The number of amides is 1. The van der Waals surface area contributed by atoms with Gasteiger partial charge in [-0.1, -0.05) is 30.3 Å². The van der Waals surface area contributed by atoms with E-state index in [2.05, 4.69) is 26.5 Å². The quantitative estimate of drug-likeness (QED) is 0.681. The number of nitrogens with zero attached hydrogens (tertiary/aromatic N) is 1. The Kier molecular flexibility index (Phi) is 4.66. The minimum Gasteiger partial charge on any atom is -0.273 e. The van der Waals surface area contributed by atoms with Gasteiger partial charge in [0.25, 0.3) is 0 Å². The molecule has 1 heterocycles. The van der Waals surface area contributed by atoms with Gasteiger partial charge in [-0.05, 0) is 27.6 Å². The Balaban J connectivity index is 1.83. The average Bonchev–Trinajstić information content (AvgIpc) is 2.76. The third-order valence-electron chi connectivity index (χ3n) is 2.18. The van der Waals surface area contributed by atoms with E-state index in [1.165, 1.54) is 0 Å². The molecule has 0 unspecified atom stereocenters. The van der Waals surface area contributed by atoms with Crippen LogP contribution in [0.1, 0.15) is 10.4 Å². The van der Waals surface area contributed by atoms with Gasteiger partial charge in [-0.25, -0.2) is 5.43 Å². The Hall–Kier alpha value is -1.46. The summed E-state index contributed by atoms with van der Waals surface area (Å²) in [6.07, 6.45) is 1.98. The summed E-state index contributed by atoms with van der Waals surface area (Å²) < 4.78 is 1.02. The molecule has 0 saturated heterocycles. The van der Waals surface area contributed by atoms with E-state index in [1.54, 1.807) is 17.6 Å². The van der Waals surface area contributed by atoms with Crippen molar-refractivity contribution in [2.24, 2.45) is 5.10 Å². The number of rotatable bonds is 4. The van der Waals surface area contributed by atoms with Crippen LogP contribution >= 0.6 is 27.3 Å². The maximum absolute atomic E-state index is 11.6. The summed E-state index contributed by atoms with van der Waals surface area (Å²) in [7, 11) is 0. The zero-order chi connectivity index (χ0) is 12.8. The van der Waals surface area contributed by atoms with Crippen LogP contribution in [0.2, 0.25) is 0 Å². The van der Waals surface area contributed by atoms with Crippen LogP contribution in [0.25, 0.3) is 0 Å². The predicted octanol–water partition coefficient (Wildman–Crippen LogP) is 3.20. The summed E-state index contributed by atoms with van der Waals surface area (Å²) in [5, 5.41) is 5.88. The normalized spacial score (nSPS) is 10.7. The van der Waals surface area contributed by atoms with Crippen molar-refractivity contribution in [1.29, 1.82) is 0 Å². The second-order valence-corrected chi connectivity index (χ2v) is 5.48. The molecule has 18 heavy (non-hydrogen) atoms. The lowest BCUT2D eigenvalue weighted by atomic mass is 10.1. The lowest BCUT2D eigenvalue weighted by molar-refractivity contribution is -0.120. The van der Waals surface area contributed by atoms with E-state index >= 15 is 0 Å². The zero-order valence-electron chi connectivity index (χ0n) is 9.47. The first-order valence-electron chi connectivity index (χ1n) is 5.34. The number of nitrogens with one attached hydrogen (secondary N) is 1. The molecule has 1 N–H and O–H groups in total. The monoisotopic (exact) mass is 322 g/mol. The lowest BCUT2D eigenvalue weighted by Crippen LogP contribution is -2.19. The van der Waals surface area contributed by atoms with Crippen LogP contribution in [0.3, 0.4) is 0 Å². The second kappa shape index (κ2) is 6.47. The molecule has 5 heteroatoms. The van der Waals surface area contributed by atoms with Crippen LogP contribution in [-0.2, 0) is 11.2 Å². The van der Waals surface area contributed by atoms with E-state index in [1.807, 2.05) is 41.8 Å². The smallest absolute Gasteiger partial charge is 0.244 e. The van der Waals surface area contributed by atoms with Crippen molar-refractivity contribution in [2.75, 3.05) is 0 Å². The molecule has 0 fully saturated rings. The van der Waals surface area contributed by atoms with Gasteiger partial charge in [-0.2, -0.15) is 5.10 Å². The molecule has 1 aromatic carbocycles. The molecule has 92 valence electrons. The third kappa shape index (κ3) is 4.09. The Morgan fingerprint density at radius 1 is 1.39 bits per heavy atom. The first-order valence-corrected chi connectivity index (χ1v) is 7.01. The zero-order valence-corrected chi connectivity index (χ0v) is 11.9. The maximum Gasteiger partial charge on any atom is 0.244 e. The lowest BCUT2D eigenvalue weighted by Gasteiger charge is -1.99. The summed E-state index contributed by atoms with van der Waals surface area (Å²) in [4.78, 5) is 12.6. The summed E-state index contributed by atoms with van der Waals surface area (Å²) in [5.74, 6) is -0.118. The van der Waals surface area contributed by atoms with Gasteiger partial charge >= 0.3 is 0 Å². The minimum atomic E-state index is -0.118. The molecule has 0 aliphatic rings. The predicted molar refractivity (Wildman–Crippen MR) is 77.9 cm³/mol. The molecule has 2 rings (SSSR count). The summed E-state index contributed by atoms with van der Waals surface area (Å²) in [5.41, 5.74) is 3.49. The van der Waals surface area contributed by atoms with Gasteiger partial charge in [0.15, 0.2) is 0 Å². The number of halogens is 1. The average molecular weight is 323 g/mol. The van der Waals surface area contributed by atoms with Gasteiger partial charge in [0.1, 0.15) is 0 Å². The van der Waals surface area contributed by atoms with Crippen molar-refractivity contribution in [2.45, 2.75) is 6.42 Å². The second-order valence-electron chi connectivity index (χ2n) is 3.62. The van der Waals surface area contributed by atoms with Crippen molar-refractivity contribution < 1.29 is 4.79 Å². The molecule has 1 amide bonds. The standard InChI is InChI=1S/C13H11BrN2OS/c14-11-7-12(18-9-11)8-15-16-13(17)6-10-4-2-1-3-5-10/h1-5,7-9H,6H2,(H,16,17)/b15-8+. The summed E-state index contributed by atoms with van der Waals surface area (Å²) >= 11 is 4.92. The van der Waals surface area contributed by atoms with Gasteiger partial charge in [0.05, 0.1) is 12.6 Å². The highest BCUT2D eigenvalue weighted by Gasteiger charge is 2.00. The molecular weight excluding hydrogens is 312 g/mol. The van der Waals surface area contributed by atoms with Crippen LogP contribution in [0, 0.1) is 0 Å². The Morgan fingerprint density at radius 2 is 2.17 bits per heavy atom. The van der Waals surface area contributed by atoms with Crippen molar-refractivity contribution in [3.8, 4) is 0 Å². The highest BCUT2D eigenvalue weighted by molar-refractivity contribution is 9.10. The van der Waals surface area contributed by atoms with Gasteiger partial charge < -0.3 is 0 Å². The minimum absolute atomic E-state index is 0.118.